The Morgan fingerprint density at radius 2 is 1.92 bits per heavy atom. The fraction of sp³-hybridized carbons (Fsp3) is 0.579. The lowest BCUT2D eigenvalue weighted by molar-refractivity contribution is 0.109. The van der Waals surface area contributed by atoms with E-state index in [1.807, 2.05) is 31.3 Å². The van der Waals surface area contributed by atoms with Gasteiger partial charge in [-0.15, -0.1) is 0 Å². The molecule has 5 nitrogen and oxygen atoms in total. The van der Waals surface area contributed by atoms with Crippen LogP contribution in [0.3, 0.4) is 0 Å². The minimum absolute atomic E-state index is 0.0490. The second-order valence-corrected chi connectivity index (χ2v) is 7.08. The number of nitrogens with one attached hydrogen (secondary N) is 1. The van der Waals surface area contributed by atoms with Crippen molar-refractivity contribution in [3.63, 3.8) is 0 Å². The summed E-state index contributed by atoms with van der Waals surface area (Å²) in [5.41, 5.74) is 0.848. The van der Waals surface area contributed by atoms with Crippen LogP contribution in [0.1, 0.15) is 45.5 Å². The molecule has 1 N–H and O–H groups in total. The number of rotatable bonds is 4. The van der Waals surface area contributed by atoms with Crippen LogP contribution in [0.4, 0.5) is 0 Å². The number of para-hydroxylation sites is 1. The van der Waals surface area contributed by atoms with E-state index in [-0.39, 0.29) is 11.6 Å². The van der Waals surface area contributed by atoms with Crippen molar-refractivity contribution >= 4 is 10.9 Å². The van der Waals surface area contributed by atoms with E-state index in [9.17, 15) is 4.79 Å². The van der Waals surface area contributed by atoms with Crippen LogP contribution in [0, 0.1) is 0 Å². The molecule has 130 valence electrons. The topological polar surface area (TPSA) is 50.2 Å². The molecule has 1 aliphatic heterocycles. The first kappa shape index (κ1) is 17.1. The van der Waals surface area contributed by atoms with Crippen LogP contribution in [0.15, 0.2) is 29.1 Å². The molecule has 1 aliphatic rings. The van der Waals surface area contributed by atoms with Crippen molar-refractivity contribution in [1.82, 2.24) is 19.8 Å². The van der Waals surface area contributed by atoms with E-state index in [0.717, 1.165) is 37.3 Å². The van der Waals surface area contributed by atoms with Gasteiger partial charge in [0.15, 0.2) is 0 Å². The Labute approximate surface area is 143 Å². The maximum absolute atomic E-state index is 12.8. The highest BCUT2D eigenvalue weighted by atomic mass is 16.1. The summed E-state index contributed by atoms with van der Waals surface area (Å²) in [5.74, 6) is 0.891. The van der Waals surface area contributed by atoms with Crippen molar-refractivity contribution in [3.05, 3.63) is 40.4 Å². The zero-order chi connectivity index (χ0) is 17.3. The van der Waals surface area contributed by atoms with Gasteiger partial charge in [-0.2, -0.15) is 0 Å². The van der Waals surface area contributed by atoms with E-state index in [4.69, 9.17) is 4.98 Å². The lowest BCUT2D eigenvalue weighted by Gasteiger charge is -2.41. The number of nitrogens with zero attached hydrogens (tertiary/aromatic N) is 3. The molecule has 2 heterocycles. The lowest BCUT2D eigenvalue weighted by atomic mass is 10.0. The summed E-state index contributed by atoms with van der Waals surface area (Å²) in [5, 5.41) is 4.28. The summed E-state index contributed by atoms with van der Waals surface area (Å²) in [6, 6.07) is 8.72. The van der Waals surface area contributed by atoms with Gasteiger partial charge in [-0.1, -0.05) is 25.5 Å². The maximum atomic E-state index is 12.8. The highest BCUT2D eigenvalue weighted by Gasteiger charge is 2.30. The SMILES string of the molecule is CCC[C@H](c1nc2ccccc2c(=O)n1C)N1C[C@@H](C)N[C@@H](C)C1. The first-order valence-electron chi connectivity index (χ1n) is 8.97. The van der Waals surface area contributed by atoms with Crippen molar-refractivity contribution < 1.29 is 0 Å². The predicted molar refractivity (Wildman–Crippen MR) is 98.3 cm³/mol. The van der Waals surface area contributed by atoms with Crippen LogP contribution in [0.25, 0.3) is 10.9 Å². The predicted octanol–water partition coefficient (Wildman–Crippen LogP) is 2.46. The minimum atomic E-state index is 0.0490. The monoisotopic (exact) mass is 328 g/mol. The zero-order valence-corrected chi connectivity index (χ0v) is 15.1. The second kappa shape index (κ2) is 7.03. The number of fused-ring (bicyclic) bond motifs is 1. The van der Waals surface area contributed by atoms with Gasteiger partial charge in [0.25, 0.3) is 5.56 Å². The Hall–Kier alpha value is -1.72. The molecular formula is C19H28N4O. The molecule has 0 aliphatic carbocycles. The molecule has 0 spiro atoms. The quantitative estimate of drug-likeness (QED) is 0.937. The number of hydrogen-bond acceptors (Lipinski definition) is 4. The van der Waals surface area contributed by atoms with Gasteiger partial charge < -0.3 is 5.32 Å². The number of hydrogen-bond donors (Lipinski definition) is 1. The maximum Gasteiger partial charge on any atom is 0.261 e. The Morgan fingerprint density at radius 1 is 1.25 bits per heavy atom. The average molecular weight is 328 g/mol. The fourth-order valence-electron chi connectivity index (χ4n) is 3.91. The Balaban J connectivity index is 2.07. The van der Waals surface area contributed by atoms with Crippen molar-refractivity contribution in [2.24, 2.45) is 7.05 Å². The van der Waals surface area contributed by atoms with Gasteiger partial charge in [-0.05, 0) is 32.4 Å². The Kier molecular flexibility index (Phi) is 5.01. The van der Waals surface area contributed by atoms with Crippen molar-refractivity contribution in [2.75, 3.05) is 13.1 Å². The summed E-state index contributed by atoms with van der Waals surface area (Å²) >= 11 is 0. The molecule has 0 amide bonds. The molecule has 24 heavy (non-hydrogen) atoms. The molecule has 0 radical (unpaired) electrons. The minimum Gasteiger partial charge on any atom is -0.309 e. The van der Waals surface area contributed by atoms with Gasteiger partial charge >= 0.3 is 0 Å². The van der Waals surface area contributed by atoms with Gasteiger partial charge in [0.1, 0.15) is 5.82 Å². The fourth-order valence-corrected chi connectivity index (χ4v) is 3.91. The molecule has 1 aromatic carbocycles. The summed E-state index contributed by atoms with van der Waals surface area (Å²) < 4.78 is 1.75. The third-order valence-corrected chi connectivity index (χ3v) is 4.90. The number of benzene rings is 1. The molecule has 1 saturated heterocycles. The van der Waals surface area contributed by atoms with Crippen LogP contribution < -0.4 is 10.9 Å². The first-order chi connectivity index (χ1) is 11.5. The summed E-state index contributed by atoms with van der Waals surface area (Å²) in [6.45, 7) is 8.60. The molecule has 1 fully saturated rings. The molecule has 0 saturated carbocycles. The largest absolute Gasteiger partial charge is 0.309 e. The Bertz CT molecular complexity index is 760. The normalized spacial score (nSPS) is 23.5. The van der Waals surface area contributed by atoms with E-state index < -0.39 is 0 Å². The first-order valence-corrected chi connectivity index (χ1v) is 8.97. The van der Waals surface area contributed by atoms with E-state index in [2.05, 4.69) is 31.0 Å². The van der Waals surface area contributed by atoms with E-state index in [1.54, 1.807) is 4.57 Å². The molecule has 3 atom stereocenters. The number of piperazine rings is 1. The van der Waals surface area contributed by atoms with Gasteiger partial charge in [0.2, 0.25) is 0 Å². The van der Waals surface area contributed by atoms with Gasteiger partial charge in [0.05, 0.1) is 16.9 Å². The van der Waals surface area contributed by atoms with Crippen LogP contribution in [-0.4, -0.2) is 39.6 Å². The smallest absolute Gasteiger partial charge is 0.261 e. The van der Waals surface area contributed by atoms with Gasteiger partial charge in [-0.25, -0.2) is 4.98 Å². The second-order valence-electron chi connectivity index (χ2n) is 7.08. The summed E-state index contributed by atoms with van der Waals surface area (Å²) in [7, 11) is 1.86. The highest BCUT2D eigenvalue weighted by Crippen LogP contribution is 2.26. The molecule has 5 heteroatoms. The molecule has 0 unspecified atom stereocenters. The van der Waals surface area contributed by atoms with E-state index >= 15 is 0 Å². The van der Waals surface area contributed by atoms with Gasteiger partial charge in [-0.3, -0.25) is 14.3 Å². The van der Waals surface area contributed by atoms with Crippen molar-refractivity contribution in [1.29, 1.82) is 0 Å². The van der Waals surface area contributed by atoms with Gasteiger partial charge in [0, 0.05) is 32.2 Å². The zero-order valence-electron chi connectivity index (χ0n) is 15.1. The van der Waals surface area contributed by atoms with Crippen LogP contribution in [0.5, 0.6) is 0 Å². The number of aromatic nitrogens is 2. The third kappa shape index (κ3) is 3.23. The lowest BCUT2D eigenvalue weighted by Crippen LogP contribution is -2.55. The molecule has 2 aromatic rings. The van der Waals surface area contributed by atoms with Crippen LogP contribution >= 0.6 is 0 Å². The van der Waals surface area contributed by atoms with Crippen LogP contribution in [0.2, 0.25) is 0 Å². The summed E-state index contributed by atoms with van der Waals surface area (Å²) in [4.78, 5) is 20.1. The van der Waals surface area contributed by atoms with E-state index in [0.29, 0.717) is 17.5 Å². The molecule has 1 aromatic heterocycles. The third-order valence-electron chi connectivity index (χ3n) is 4.90. The standard InChI is InChI=1S/C19H28N4O/c1-5-8-17(23-11-13(2)20-14(3)12-23)18-21-16-10-7-6-9-15(16)19(24)22(18)4/h6-7,9-10,13-14,17,20H,5,8,11-12H2,1-4H3/t13-,14+,17-/m1/s1. The Morgan fingerprint density at radius 3 is 2.58 bits per heavy atom. The average Bonchev–Trinajstić information content (AvgIpc) is 2.55. The van der Waals surface area contributed by atoms with Crippen molar-refractivity contribution in [2.45, 2.75) is 51.7 Å². The molecule has 0 bridgehead atoms. The van der Waals surface area contributed by atoms with E-state index in [1.165, 1.54) is 0 Å². The highest BCUT2D eigenvalue weighted by molar-refractivity contribution is 5.77. The molecular weight excluding hydrogens is 300 g/mol. The summed E-state index contributed by atoms with van der Waals surface area (Å²) in [6.07, 6.45) is 2.08. The molecule has 3 rings (SSSR count). The van der Waals surface area contributed by atoms with Crippen LogP contribution in [-0.2, 0) is 7.05 Å². The van der Waals surface area contributed by atoms with Crippen molar-refractivity contribution in [3.8, 4) is 0 Å².